The van der Waals surface area contributed by atoms with Gasteiger partial charge >= 0.3 is 0 Å². The van der Waals surface area contributed by atoms with E-state index in [1.807, 2.05) is 11.8 Å². The van der Waals surface area contributed by atoms with Gasteiger partial charge in [-0.25, -0.2) is 0 Å². The zero-order valence-corrected chi connectivity index (χ0v) is 14.2. The molecule has 0 amide bonds. The predicted molar refractivity (Wildman–Crippen MR) is 94.0 cm³/mol. The molecular formula is C17H27N3S. The fourth-order valence-electron chi connectivity index (χ4n) is 2.37. The summed E-state index contributed by atoms with van der Waals surface area (Å²) in [6.07, 6.45) is 2.31. The van der Waals surface area contributed by atoms with Gasteiger partial charge in [0, 0.05) is 24.4 Å². The molecule has 1 fully saturated rings. The molecule has 116 valence electrons. The van der Waals surface area contributed by atoms with Crippen molar-refractivity contribution in [2.24, 2.45) is 4.99 Å². The Kier molecular flexibility index (Phi) is 6.12. The van der Waals surface area contributed by atoms with Crippen LogP contribution in [0.4, 0.5) is 0 Å². The molecule has 1 N–H and O–H groups in total. The van der Waals surface area contributed by atoms with Crippen LogP contribution >= 0.6 is 11.8 Å². The van der Waals surface area contributed by atoms with Crippen molar-refractivity contribution in [3.63, 3.8) is 0 Å². The van der Waals surface area contributed by atoms with E-state index in [1.54, 1.807) is 0 Å². The van der Waals surface area contributed by atoms with E-state index >= 15 is 0 Å². The monoisotopic (exact) mass is 305 g/mol. The van der Waals surface area contributed by atoms with E-state index in [2.05, 4.69) is 61.4 Å². The zero-order valence-electron chi connectivity index (χ0n) is 13.4. The standard InChI is InChI=1S/C17H27N3S/c1-17(2)10-13-21-16(19-17)18-11-7-12-20(3)14-15-8-5-4-6-9-15/h4-6,8-9H,7,10-14H2,1-3H3,(H,18,19). The van der Waals surface area contributed by atoms with E-state index in [-0.39, 0.29) is 5.54 Å². The largest absolute Gasteiger partial charge is 0.360 e. The molecule has 0 unspecified atom stereocenters. The molecule has 1 aliphatic heterocycles. The summed E-state index contributed by atoms with van der Waals surface area (Å²) in [4.78, 5) is 7.06. The first kappa shape index (κ1) is 16.4. The van der Waals surface area contributed by atoms with Crippen molar-refractivity contribution in [2.45, 2.75) is 38.8 Å². The van der Waals surface area contributed by atoms with Crippen molar-refractivity contribution in [1.29, 1.82) is 0 Å². The van der Waals surface area contributed by atoms with Crippen molar-refractivity contribution in [3.05, 3.63) is 35.9 Å². The van der Waals surface area contributed by atoms with Crippen molar-refractivity contribution < 1.29 is 0 Å². The Morgan fingerprint density at radius 2 is 2.05 bits per heavy atom. The number of benzene rings is 1. The summed E-state index contributed by atoms with van der Waals surface area (Å²) in [5.74, 6) is 1.17. The van der Waals surface area contributed by atoms with Crippen molar-refractivity contribution in [1.82, 2.24) is 10.2 Å². The number of nitrogens with zero attached hydrogens (tertiary/aromatic N) is 2. The molecule has 0 spiro atoms. The van der Waals surface area contributed by atoms with Gasteiger partial charge in [-0.15, -0.1) is 0 Å². The molecule has 4 heteroatoms. The molecular weight excluding hydrogens is 278 g/mol. The molecule has 1 heterocycles. The van der Waals surface area contributed by atoms with Crippen LogP contribution in [0, 0.1) is 0 Å². The van der Waals surface area contributed by atoms with E-state index in [0.717, 1.165) is 31.2 Å². The minimum Gasteiger partial charge on any atom is -0.360 e. The summed E-state index contributed by atoms with van der Waals surface area (Å²) < 4.78 is 0. The second-order valence-electron chi connectivity index (χ2n) is 6.37. The Balaban J connectivity index is 1.67. The third-order valence-corrected chi connectivity index (χ3v) is 4.57. The van der Waals surface area contributed by atoms with Gasteiger partial charge < -0.3 is 10.2 Å². The van der Waals surface area contributed by atoms with Crippen LogP contribution < -0.4 is 5.32 Å². The van der Waals surface area contributed by atoms with Crippen LogP contribution in [-0.2, 0) is 6.54 Å². The van der Waals surface area contributed by atoms with Crippen LogP contribution in [0.3, 0.4) is 0 Å². The van der Waals surface area contributed by atoms with Crippen LogP contribution in [0.15, 0.2) is 35.3 Å². The van der Waals surface area contributed by atoms with Gasteiger partial charge in [0.1, 0.15) is 0 Å². The molecule has 0 aliphatic carbocycles. The Hall–Kier alpha value is -1.00. The third-order valence-electron chi connectivity index (χ3n) is 3.66. The number of hydrogen-bond acceptors (Lipinski definition) is 3. The average Bonchev–Trinajstić information content (AvgIpc) is 2.44. The number of aliphatic imine (C=N–C) groups is 1. The van der Waals surface area contributed by atoms with Gasteiger partial charge in [-0.2, -0.15) is 0 Å². The highest BCUT2D eigenvalue weighted by molar-refractivity contribution is 8.13. The quantitative estimate of drug-likeness (QED) is 0.817. The Morgan fingerprint density at radius 1 is 1.29 bits per heavy atom. The van der Waals surface area contributed by atoms with Crippen molar-refractivity contribution in [2.75, 3.05) is 25.9 Å². The number of rotatable bonds is 6. The molecule has 1 saturated heterocycles. The lowest BCUT2D eigenvalue weighted by molar-refractivity contribution is 0.324. The highest BCUT2D eigenvalue weighted by atomic mass is 32.2. The van der Waals surface area contributed by atoms with Crippen molar-refractivity contribution >= 4 is 16.9 Å². The number of hydrogen-bond donors (Lipinski definition) is 1. The maximum atomic E-state index is 4.70. The van der Waals surface area contributed by atoms with Crippen LogP contribution in [0.2, 0.25) is 0 Å². The van der Waals surface area contributed by atoms with Gasteiger partial charge in [0.15, 0.2) is 5.17 Å². The minimum absolute atomic E-state index is 0.203. The Labute approximate surface area is 133 Å². The SMILES string of the molecule is CN(CCCN=C1NC(C)(C)CCS1)Cc1ccccc1. The molecule has 1 aromatic rings. The van der Waals surface area contributed by atoms with Crippen LogP contribution in [0.5, 0.6) is 0 Å². The summed E-state index contributed by atoms with van der Waals surface area (Å²) in [5.41, 5.74) is 1.58. The Bertz CT molecular complexity index is 456. The van der Waals surface area contributed by atoms with Crippen LogP contribution in [-0.4, -0.2) is 41.5 Å². The first-order chi connectivity index (χ1) is 10.1. The first-order valence-electron chi connectivity index (χ1n) is 7.73. The van der Waals surface area contributed by atoms with Gasteiger partial charge in [0.05, 0.1) is 0 Å². The predicted octanol–water partition coefficient (Wildman–Crippen LogP) is 3.37. The lowest BCUT2D eigenvalue weighted by Gasteiger charge is -2.32. The smallest absolute Gasteiger partial charge is 0.156 e. The molecule has 0 radical (unpaired) electrons. The number of nitrogens with one attached hydrogen (secondary N) is 1. The van der Waals surface area contributed by atoms with E-state index in [1.165, 1.54) is 17.7 Å². The van der Waals surface area contributed by atoms with Crippen LogP contribution in [0.25, 0.3) is 0 Å². The molecule has 1 aliphatic rings. The molecule has 3 nitrogen and oxygen atoms in total. The highest BCUT2D eigenvalue weighted by Gasteiger charge is 2.23. The van der Waals surface area contributed by atoms with Gasteiger partial charge in [-0.3, -0.25) is 4.99 Å². The maximum absolute atomic E-state index is 4.70. The molecule has 21 heavy (non-hydrogen) atoms. The van der Waals surface area contributed by atoms with E-state index in [9.17, 15) is 0 Å². The normalized spacial score (nSPS) is 19.7. The van der Waals surface area contributed by atoms with Gasteiger partial charge in [0.25, 0.3) is 0 Å². The van der Waals surface area contributed by atoms with Crippen LogP contribution in [0.1, 0.15) is 32.3 Å². The van der Waals surface area contributed by atoms with E-state index < -0.39 is 0 Å². The summed E-state index contributed by atoms with van der Waals surface area (Å²) in [5, 5.41) is 4.64. The summed E-state index contributed by atoms with van der Waals surface area (Å²) >= 11 is 1.85. The summed E-state index contributed by atoms with van der Waals surface area (Å²) in [7, 11) is 2.18. The molecule has 0 saturated carbocycles. The fourth-order valence-corrected chi connectivity index (χ4v) is 3.71. The summed E-state index contributed by atoms with van der Waals surface area (Å²) in [6, 6.07) is 10.6. The number of thioether (sulfide) groups is 1. The molecule has 0 aromatic heterocycles. The van der Waals surface area contributed by atoms with Gasteiger partial charge in [-0.05, 0) is 45.8 Å². The fraction of sp³-hybridized carbons (Fsp3) is 0.588. The third kappa shape index (κ3) is 6.10. The van der Waals surface area contributed by atoms with E-state index in [4.69, 9.17) is 4.99 Å². The molecule has 0 bridgehead atoms. The molecule has 1 aromatic carbocycles. The van der Waals surface area contributed by atoms with Crippen molar-refractivity contribution in [3.8, 4) is 0 Å². The summed E-state index contributed by atoms with van der Waals surface area (Å²) in [6.45, 7) is 7.49. The minimum atomic E-state index is 0.203. The van der Waals surface area contributed by atoms with Gasteiger partial charge in [0.2, 0.25) is 0 Å². The first-order valence-corrected chi connectivity index (χ1v) is 8.72. The lowest BCUT2D eigenvalue weighted by Crippen LogP contribution is -2.46. The average molecular weight is 305 g/mol. The van der Waals surface area contributed by atoms with Gasteiger partial charge in [-0.1, -0.05) is 42.1 Å². The topological polar surface area (TPSA) is 27.6 Å². The highest BCUT2D eigenvalue weighted by Crippen LogP contribution is 2.21. The molecule has 2 rings (SSSR count). The Morgan fingerprint density at radius 3 is 2.76 bits per heavy atom. The maximum Gasteiger partial charge on any atom is 0.156 e. The molecule has 0 atom stereocenters. The number of amidine groups is 1. The lowest BCUT2D eigenvalue weighted by atomic mass is 10.0. The second kappa shape index (κ2) is 7.85. The second-order valence-corrected chi connectivity index (χ2v) is 7.45. The van der Waals surface area contributed by atoms with E-state index in [0.29, 0.717) is 0 Å². The zero-order chi connectivity index (χ0) is 15.1.